The molecular weight excluding hydrogens is 550 g/mol. The Hall–Kier alpha value is -3.56. The average molecular weight is 586 g/mol. The molecule has 1 unspecified atom stereocenters. The number of benzene rings is 3. The molecule has 0 bridgehead atoms. The molecule has 2 amide bonds. The number of nitrogens with zero attached hydrogens (tertiary/aromatic N) is 2. The van der Waals surface area contributed by atoms with E-state index in [1.54, 1.807) is 12.1 Å². The van der Waals surface area contributed by atoms with Crippen LogP contribution in [0.5, 0.6) is 5.75 Å². The predicted octanol–water partition coefficient (Wildman–Crippen LogP) is 4.53. The highest BCUT2D eigenvalue weighted by Gasteiger charge is 2.33. The van der Waals surface area contributed by atoms with E-state index in [1.807, 2.05) is 74.5 Å². The molecule has 0 aromatic heterocycles. The minimum absolute atomic E-state index is 0.108. The minimum Gasteiger partial charge on any atom is -0.495 e. The summed E-state index contributed by atoms with van der Waals surface area (Å²) in [4.78, 5) is 29.2. The second-order valence-electron chi connectivity index (χ2n) is 9.94. The first-order chi connectivity index (χ1) is 19.0. The highest BCUT2D eigenvalue weighted by atomic mass is 35.5. The number of amides is 2. The van der Waals surface area contributed by atoms with Crippen LogP contribution in [0.3, 0.4) is 0 Å². The zero-order valence-electron chi connectivity index (χ0n) is 23.2. The van der Waals surface area contributed by atoms with Gasteiger partial charge in [-0.2, -0.15) is 0 Å². The van der Waals surface area contributed by atoms with Crippen LogP contribution >= 0.6 is 11.6 Å². The van der Waals surface area contributed by atoms with Crippen LogP contribution in [0.25, 0.3) is 0 Å². The third-order valence-electron chi connectivity index (χ3n) is 6.24. The molecule has 0 radical (unpaired) electrons. The van der Waals surface area contributed by atoms with E-state index in [1.165, 1.54) is 18.1 Å². The number of carbonyl (C=O) groups is 2. The van der Waals surface area contributed by atoms with Crippen molar-refractivity contribution in [1.82, 2.24) is 10.2 Å². The summed E-state index contributed by atoms with van der Waals surface area (Å²) in [5.41, 5.74) is 1.81. The minimum atomic E-state index is -3.95. The first-order valence-electron chi connectivity index (χ1n) is 13.0. The number of halogens is 1. The van der Waals surface area contributed by atoms with Gasteiger partial charge in [0.25, 0.3) is 0 Å². The fourth-order valence-corrected chi connectivity index (χ4v) is 5.22. The van der Waals surface area contributed by atoms with Gasteiger partial charge in [-0.05, 0) is 35.2 Å². The topological polar surface area (TPSA) is 96.0 Å². The van der Waals surface area contributed by atoms with Crippen LogP contribution in [0.4, 0.5) is 5.69 Å². The van der Waals surface area contributed by atoms with Crippen molar-refractivity contribution in [3.05, 3.63) is 95.0 Å². The van der Waals surface area contributed by atoms with Crippen LogP contribution < -0.4 is 14.4 Å². The molecule has 10 heteroatoms. The Labute approximate surface area is 241 Å². The molecular formula is C30H36ClN3O5S. The van der Waals surface area contributed by atoms with Crippen molar-refractivity contribution in [3.8, 4) is 5.75 Å². The zero-order valence-corrected chi connectivity index (χ0v) is 24.8. The van der Waals surface area contributed by atoms with E-state index in [4.69, 9.17) is 16.3 Å². The van der Waals surface area contributed by atoms with Gasteiger partial charge < -0.3 is 15.0 Å². The SMILES string of the molecule is COc1ccc(Cl)cc1N(CC(=O)N(Cc1ccccc1)C(Cc1ccccc1)C(=O)NCC(C)C)S(C)(=O)=O. The molecule has 1 N–H and O–H groups in total. The number of hydrogen-bond donors (Lipinski definition) is 1. The molecule has 40 heavy (non-hydrogen) atoms. The zero-order chi connectivity index (χ0) is 29.3. The van der Waals surface area contributed by atoms with Gasteiger partial charge in [0.05, 0.1) is 19.1 Å². The van der Waals surface area contributed by atoms with E-state index in [-0.39, 0.29) is 41.3 Å². The molecule has 0 aliphatic heterocycles. The molecule has 1 atom stereocenters. The van der Waals surface area contributed by atoms with Crippen molar-refractivity contribution in [2.24, 2.45) is 5.92 Å². The van der Waals surface area contributed by atoms with E-state index in [0.717, 1.165) is 21.7 Å². The van der Waals surface area contributed by atoms with Crippen molar-refractivity contribution in [2.75, 3.05) is 30.8 Å². The van der Waals surface area contributed by atoms with Gasteiger partial charge in [-0.15, -0.1) is 0 Å². The molecule has 3 aromatic carbocycles. The van der Waals surface area contributed by atoms with Crippen molar-refractivity contribution < 1.29 is 22.7 Å². The molecule has 0 aliphatic rings. The van der Waals surface area contributed by atoms with Gasteiger partial charge in [0.2, 0.25) is 21.8 Å². The number of methoxy groups -OCH3 is 1. The van der Waals surface area contributed by atoms with Crippen molar-refractivity contribution in [2.45, 2.75) is 32.9 Å². The van der Waals surface area contributed by atoms with Crippen LogP contribution in [0.2, 0.25) is 5.02 Å². The van der Waals surface area contributed by atoms with Gasteiger partial charge in [0.15, 0.2) is 0 Å². The summed E-state index contributed by atoms with van der Waals surface area (Å²) in [6.45, 7) is 3.97. The highest BCUT2D eigenvalue weighted by Crippen LogP contribution is 2.33. The molecule has 0 heterocycles. The van der Waals surface area contributed by atoms with Crippen LogP contribution in [0.15, 0.2) is 78.9 Å². The number of anilines is 1. The molecule has 214 valence electrons. The molecule has 8 nitrogen and oxygen atoms in total. The fraction of sp³-hybridized carbons (Fsp3) is 0.333. The largest absolute Gasteiger partial charge is 0.495 e. The summed E-state index contributed by atoms with van der Waals surface area (Å²) in [6, 6.07) is 22.4. The van der Waals surface area contributed by atoms with Crippen LogP contribution in [0.1, 0.15) is 25.0 Å². The van der Waals surface area contributed by atoms with E-state index in [2.05, 4.69) is 5.32 Å². The van der Waals surface area contributed by atoms with Gasteiger partial charge in [0.1, 0.15) is 18.3 Å². The lowest BCUT2D eigenvalue weighted by Gasteiger charge is -2.34. The summed E-state index contributed by atoms with van der Waals surface area (Å²) >= 11 is 6.19. The lowest BCUT2D eigenvalue weighted by Crippen LogP contribution is -2.53. The predicted molar refractivity (Wildman–Crippen MR) is 159 cm³/mol. The summed E-state index contributed by atoms with van der Waals surface area (Å²) < 4.78 is 32.3. The number of ether oxygens (including phenoxy) is 1. The maximum absolute atomic E-state index is 14.1. The Bertz CT molecular complexity index is 1380. The van der Waals surface area contributed by atoms with E-state index in [9.17, 15) is 18.0 Å². The first-order valence-corrected chi connectivity index (χ1v) is 15.2. The third kappa shape index (κ3) is 8.72. The second kappa shape index (κ2) is 14.2. The summed E-state index contributed by atoms with van der Waals surface area (Å²) in [7, 11) is -2.54. The number of rotatable bonds is 13. The van der Waals surface area contributed by atoms with Crippen molar-refractivity contribution in [1.29, 1.82) is 0 Å². The van der Waals surface area contributed by atoms with E-state index in [0.29, 0.717) is 6.54 Å². The normalized spacial score (nSPS) is 12.1. The quantitative estimate of drug-likeness (QED) is 0.318. The lowest BCUT2D eigenvalue weighted by molar-refractivity contribution is -0.140. The number of nitrogens with one attached hydrogen (secondary N) is 1. The monoisotopic (exact) mass is 585 g/mol. The average Bonchev–Trinajstić information content (AvgIpc) is 2.92. The van der Waals surface area contributed by atoms with E-state index < -0.39 is 28.5 Å². The molecule has 0 fully saturated rings. The molecule has 0 spiro atoms. The van der Waals surface area contributed by atoms with Crippen LogP contribution in [-0.2, 0) is 32.6 Å². The lowest BCUT2D eigenvalue weighted by atomic mass is 10.0. The molecule has 3 aromatic rings. The van der Waals surface area contributed by atoms with Crippen molar-refractivity contribution >= 4 is 39.1 Å². The van der Waals surface area contributed by atoms with Gasteiger partial charge in [-0.25, -0.2) is 8.42 Å². The standard InChI is InChI=1S/C30H36ClN3O5S/c1-22(2)19-32-30(36)27(17-23-11-7-5-8-12-23)33(20-24-13-9-6-10-14-24)29(35)21-34(40(4,37)38)26-18-25(31)15-16-28(26)39-3/h5-16,18,22,27H,17,19-21H2,1-4H3,(H,32,36). The molecule has 0 saturated heterocycles. The Morgan fingerprint density at radius 2 is 1.55 bits per heavy atom. The summed E-state index contributed by atoms with van der Waals surface area (Å²) in [5.74, 6) is -0.409. The number of hydrogen-bond acceptors (Lipinski definition) is 5. The highest BCUT2D eigenvalue weighted by molar-refractivity contribution is 7.92. The Kier molecular flexibility index (Phi) is 11.0. The fourth-order valence-electron chi connectivity index (χ4n) is 4.21. The van der Waals surface area contributed by atoms with Crippen LogP contribution in [0, 0.1) is 5.92 Å². The van der Waals surface area contributed by atoms with Crippen LogP contribution in [-0.4, -0.2) is 57.6 Å². The van der Waals surface area contributed by atoms with Gasteiger partial charge in [-0.1, -0.05) is 86.1 Å². The van der Waals surface area contributed by atoms with Gasteiger partial charge >= 0.3 is 0 Å². The maximum Gasteiger partial charge on any atom is 0.244 e. The smallest absolute Gasteiger partial charge is 0.244 e. The Balaban J connectivity index is 2.07. The third-order valence-corrected chi connectivity index (χ3v) is 7.60. The second-order valence-corrected chi connectivity index (χ2v) is 12.3. The maximum atomic E-state index is 14.1. The number of sulfonamides is 1. The molecule has 3 rings (SSSR count). The molecule has 0 aliphatic carbocycles. The number of carbonyl (C=O) groups excluding carboxylic acids is 2. The molecule has 0 saturated carbocycles. The summed E-state index contributed by atoms with van der Waals surface area (Å²) in [5, 5.41) is 3.25. The Morgan fingerprint density at radius 1 is 0.950 bits per heavy atom. The Morgan fingerprint density at radius 3 is 2.10 bits per heavy atom. The van der Waals surface area contributed by atoms with Gasteiger partial charge in [-0.3, -0.25) is 13.9 Å². The van der Waals surface area contributed by atoms with E-state index >= 15 is 0 Å². The van der Waals surface area contributed by atoms with Gasteiger partial charge in [0, 0.05) is 24.5 Å². The summed E-state index contributed by atoms with van der Waals surface area (Å²) in [6.07, 6.45) is 1.27. The first kappa shape index (κ1) is 31.0. The van der Waals surface area contributed by atoms with Crippen molar-refractivity contribution in [3.63, 3.8) is 0 Å².